The van der Waals surface area contributed by atoms with E-state index in [-0.39, 0.29) is 16.9 Å². The third-order valence-corrected chi connectivity index (χ3v) is 2.69. The van der Waals surface area contributed by atoms with Gasteiger partial charge in [-0.15, -0.1) is 0 Å². The van der Waals surface area contributed by atoms with Gasteiger partial charge in [0.2, 0.25) is 0 Å². The fourth-order valence-corrected chi connectivity index (χ4v) is 1.94. The van der Waals surface area contributed by atoms with Gasteiger partial charge in [0.05, 0.1) is 11.4 Å². The minimum atomic E-state index is -1.05. The Balaban J connectivity index is 2.34. The van der Waals surface area contributed by atoms with E-state index in [2.05, 4.69) is 4.98 Å². The Morgan fingerprint density at radius 1 is 1.25 bits per heavy atom. The SMILES string of the molecule is CC(C)(C)Oc1ccc(-c2[nH]cc(N)c2C(=O)O)cc1. The molecule has 5 nitrogen and oxygen atoms in total. The molecule has 106 valence electrons. The van der Waals surface area contributed by atoms with Gasteiger partial charge in [-0.05, 0) is 50.6 Å². The van der Waals surface area contributed by atoms with Gasteiger partial charge in [-0.2, -0.15) is 0 Å². The summed E-state index contributed by atoms with van der Waals surface area (Å²) in [6.45, 7) is 5.90. The van der Waals surface area contributed by atoms with E-state index in [0.29, 0.717) is 5.69 Å². The number of nitrogen functional groups attached to an aromatic ring is 1. The predicted molar refractivity (Wildman–Crippen MR) is 78.0 cm³/mol. The van der Waals surface area contributed by atoms with Crippen molar-refractivity contribution in [3.05, 3.63) is 36.0 Å². The van der Waals surface area contributed by atoms with E-state index in [1.165, 1.54) is 6.20 Å². The smallest absolute Gasteiger partial charge is 0.340 e. The second-order valence-electron chi connectivity index (χ2n) is 5.54. The van der Waals surface area contributed by atoms with Crippen LogP contribution in [-0.2, 0) is 0 Å². The number of nitrogens with two attached hydrogens (primary N) is 1. The summed E-state index contributed by atoms with van der Waals surface area (Å²) < 4.78 is 5.72. The Hall–Kier alpha value is -2.43. The third kappa shape index (κ3) is 2.93. The van der Waals surface area contributed by atoms with Crippen LogP contribution in [0, 0.1) is 0 Å². The van der Waals surface area contributed by atoms with Gasteiger partial charge < -0.3 is 20.6 Å². The summed E-state index contributed by atoms with van der Waals surface area (Å²) in [4.78, 5) is 14.1. The second-order valence-corrected chi connectivity index (χ2v) is 5.54. The van der Waals surface area contributed by atoms with Crippen molar-refractivity contribution in [1.29, 1.82) is 0 Å². The lowest BCUT2D eigenvalue weighted by atomic mass is 10.1. The highest BCUT2D eigenvalue weighted by atomic mass is 16.5. The van der Waals surface area contributed by atoms with Crippen molar-refractivity contribution in [2.45, 2.75) is 26.4 Å². The summed E-state index contributed by atoms with van der Waals surface area (Å²) in [5, 5.41) is 9.18. The molecule has 0 amide bonds. The number of hydrogen-bond donors (Lipinski definition) is 3. The van der Waals surface area contributed by atoms with Crippen molar-refractivity contribution >= 4 is 11.7 Å². The van der Waals surface area contributed by atoms with Gasteiger partial charge in [0, 0.05) is 6.20 Å². The van der Waals surface area contributed by atoms with Gasteiger partial charge >= 0.3 is 5.97 Å². The molecule has 20 heavy (non-hydrogen) atoms. The van der Waals surface area contributed by atoms with E-state index in [1.54, 1.807) is 12.1 Å². The van der Waals surface area contributed by atoms with Crippen LogP contribution in [-0.4, -0.2) is 21.7 Å². The lowest BCUT2D eigenvalue weighted by molar-refractivity contribution is 0.0699. The summed E-state index contributed by atoms with van der Waals surface area (Å²) in [6.07, 6.45) is 1.48. The van der Waals surface area contributed by atoms with Crippen LogP contribution in [0.15, 0.2) is 30.5 Å². The highest BCUT2D eigenvalue weighted by Gasteiger charge is 2.18. The number of hydrogen-bond acceptors (Lipinski definition) is 3. The molecule has 0 unspecified atom stereocenters. The molecule has 0 radical (unpaired) electrons. The summed E-state index contributed by atoms with van der Waals surface area (Å²) in [5.41, 5.74) is 6.95. The highest BCUT2D eigenvalue weighted by molar-refractivity contribution is 6.00. The number of carbonyl (C=O) groups is 1. The zero-order chi connectivity index (χ0) is 14.9. The van der Waals surface area contributed by atoms with Crippen LogP contribution in [0.25, 0.3) is 11.3 Å². The molecule has 0 saturated heterocycles. The van der Waals surface area contributed by atoms with Crippen LogP contribution in [0.1, 0.15) is 31.1 Å². The number of carboxylic acid groups (broad SMARTS) is 1. The molecule has 0 fully saturated rings. The molecule has 5 heteroatoms. The topological polar surface area (TPSA) is 88.3 Å². The number of carboxylic acids is 1. The number of nitrogens with one attached hydrogen (secondary N) is 1. The lowest BCUT2D eigenvalue weighted by Gasteiger charge is -2.21. The van der Waals surface area contributed by atoms with Gasteiger partial charge in [0.1, 0.15) is 16.9 Å². The van der Waals surface area contributed by atoms with Crippen LogP contribution >= 0.6 is 0 Å². The van der Waals surface area contributed by atoms with Crippen molar-refractivity contribution in [3.8, 4) is 17.0 Å². The fraction of sp³-hybridized carbons (Fsp3) is 0.267. The summed E-state index contributed by atoms with van der Waals surface area (Å²) >= 11 is 0. The normalized spacial score (nSPS) is 11.3. The molecule has 2 aromatic rings. The predicted octanol–water partition coefficient (Wildman–Crippen LogP) is 3.14. The van der Waals surface area contributed by atoms with Crippen LogP contribution in [0.5, 0.6) is 5.75 Å². The summed E-state index contributed by atoms with van der Waals surface area (Å²) in [5.74, 6) is -0.313. The standard InChI is InChI=1S/C15H18N2O3/c1-15(2,3)20-10-6-4-9(5-7-10)13-12(14(18)19)11(16)8-17-13/h4-8,17H,16H2,1-3H3,(H,18,19). The van der Waals surface area contributed by atoms with Crippen molar-refractivity contribution < 1.29 is 14.6 Å². The van der Waals surface area contributed by atoms with Crippen LogP contribution in [0.3, 0.4) is 0 Å². The van der Waals surface area contributed by atoms with Gasteiger partial charge in [-0.1, -0.05) is 0 Å². The van der Waals surface area contributed by atoms with Gasteiger partial charge in [0.25, 0.3) is 0 Å². The summed E-state index contributed by atoms with van der Waals surface area (Å²) in [6, 6.07) is 7.23. The number of rotatable bonds is 3. The average Bonchev–Trinajstić information content (AvgIpc) is 2.70. The van der Waals surface area contributed by atoms with E-state index in [1.807, 2.05) is 32.9 Å². The second kappa shape index (κ2) is 4.92. The quantitative estimate of drug-likeness (QED) is 0.802. The first-order valence-corrected chi connectivity index (χ1v) is 6.27. The molecule has 1 heterocycles. The molecule has 0 aliphatic carbocycles. The molecule has 4 N–H and O–H groups in total. The Kier molecular flexibility index (Phi) is 3.44. The van der Waals surface area contributed by atoms with E-state index in [0.717, 1.165) is 11.3 Å². The van der Waals surface area contributed by atoms with Crippen LogP contribution in [0.4, 0.5) is 5.69 Å². The molecule has 2 rings (SSSR count). The first kappa shape index (κ1) is 14.0. The molecule has 0 aliphatic heterocycles. The van der Waals surface area contributed by atoms with Gasteiger partial charge in [-0.25, -0.2) is 4.79 Å². The van der Waals surface area contributed by atoms with Crippen molar-refractivity contribution in [2.75, 3.05) is 5.73 Å². The molecule has 0 atom stereocenters. The maximum atomic E-state index is 11.2. The van der Waals surface area contributed by atoms with E-state index >= 15 is 0 Å². The average molecular weight is 274 g/mol. The zero-order valence-corrected chi connectivity index (χ0v) is 11.7. The largest absolute Gasteiger partial charge is 0.488 e. The van der Waals surface area contributed by atoms with Crippen LogP contribution in [0.2, 0.25) is 0 Å². The number of ether oxygens (including phenoxy) is 1. The van der Waals surface area contributed by atoms with Crippen molar-refractivity contribution in [3.63, 3.8) is 0 Å². The maximum absolute atomic E-state index is 11.2. The number of aromatic amines is 1. The molecule has 0 bridgehead atoms. The number of aromatic carboxylic acids is 1. The van der Waals surface area contributed by atoms with E-state index in [4.69, 9.17) is 10.5 Å². The summed E-state index contributed by atoms with van der Waals surface area (Å²) in [7, 11) is 0. The molecule has 0 saturated carbocycles. The Morgan fingerprint density at radius 3 is 2.35 bits per heavy atom. The molecule has 0 aliphatic rings. The van der Waals surface area contributed by atoms with Crippen molar-refractivity contribution in [2.24, 2.45) is 0 Å². The Morgan fingerprint density at radius 2 is 1.85 bits per heavy atom. The van der Waals surface area contributed by atoms with E-state index in [9.17, 15) is 9.90 Å². The van der Waals surface area contributed by atoms with E-state index < -0.39 is 5.97 Å². The number of aromatic nitrogens is 1. The molecular formula is C15H18N2O3. The molecular weight excluding hydrogens is 256 g/mol. The number of benzene rings is 1. The maximum Gasteiger partial charge on any atom is 0.340 e. The monoisotopic (exact) mass is 274 g/mol. The molecule has 1 aromatic heterocycles. The van der Waals surface area contributed by atoms with Gasteiger partial charge in [0.15, 0.2) is 0 Å². The number of H-pyrrole nitrogens is 1. The minimum absolute atomic E-state index is 0.0921. The first-order valence-electron chi connectivity index (χ1n) is 6.27. The lowest BCUT2D eigenvalue weighted by Crippen LogP contribution is -2.22. The zero-order valence-electron chi connectivity index (χ0n) is 11.7. The van der Waals surface area contributed by atoms with Gasteiger partial charge in [-0.3, -0.25) is 0 Å². The molecule has 1 aromatic carbocycles. The fourth-order valence-electron chi connectivity index (χ4n) is 1.94. The molecule has 0 spiro atoms. The minimum Gasteiger partial charge on any atom is -0.488 e. The first-order chi connectivity index (χ1) is 9.28. The van der Waals surface area contributed by atoms with Crippen LogP contribution < -0.4 is 10.5 Å². The highest BCUT2D eigenvalue weighted by Crippen LogP contribution is 2.29. The Bertz CT molecular complexity index is 622. The van der Waals surface area contributed by atoms with Crippen molar-refractivity contribution in [1.82, 2.24) is 4.98 Å². The number of anilines is 1. The third-order valence-electron chi connectivity index (χ3n) is 2.69. The Labute approximate surface area is 117 Å².